The second-order valence-electron chi connectivity index (χ2n) is 6.41. The quantitative estimate of drug-likeness (QED) is 0.423. The molecule has 0 aliphatic carbocycles. The number of benzene rings is 2. The molecule has 0 aliphatic heterocycles. The Hall–Kier alpha value is -2.45. The van der Waals surface area contributed by atoms with E-state index in [1.807, 2.05) is 19.1 Å². The first-order valence-electron chi connectivity index (χ1n) is 8.71. The van der Waals surface area contributed by atoms with Crippen molar-refractivity contribution in [2.45, 2.75) is 13.5 Å². The fraction of sp³-hybridized carbons (Fsp3) is 0.100. The molecule has 0 aliphatic rings. The molecule has 1 N–H and O–H groups in total. The first kappa shape index (κ1) is 20.8. The zero-order valence-corrected chi connectivity index (χ0v) is 18.5. The predicted octanol–water partition coefficient (Wildman–Crippen LogP) is 5.43. The maximum atomic E-state index is 12.9. The molecule has 152 valence electrons. The summed E-state index contributed by atoms with van der Waals surface area (Å²) in [5.74, 6) is -0.434. The number of aryl methyl sites for hydroxylation is 1. The van der Waals surface area contributed by atoms with Gasteiger partial charge in [0.2, 0.25) is 5.91 Å². The SMILES string of the molecule is Cc1nc2c(=O)n(CC(=O)Nc3ccc(Cl)c(Cl)c3)nc(-c3ccc(Cl)cc3)c2s1. The highest BCUT2D eigenvalue weighted by atomic mass is 35.5. The summed E-state index contributed by atoms with van der Waals surface area (Å²) in [4.78, 5) is 29.8. The van der Waals surface area contributed by atoms with Crippen LogP contribution in [0.4, 0.5) is 5.69 Å². The van der Waals surface area contributed by atoms with Crippen LogP contribution in [0.3, 0.4) is 0 Å². The molecule has 0 saturated heterocycles. The van der Waals surface area contributed by atoms with Gasteiger partial charge in [-0.1, -0.05) is 46.9 Å². The lowest BCUT2D eigenvalue weighted by Gasteiger charge is -2.10. The van der Waals surface area contributed by atoms with Gasteiger partial charge in [-0.25, -0.2) is 9.67 Å². The van der Waals surface area contributed by atoms with Crippen molar-refractivity contribution < 1.29 is 4.79 Å². The summed E-state index contributed by atoms with van der Waals surface area (Å²) in [7, 11) is 0. The van der Waals surface area contributed by atoms with E-state index in [1.165, 1.54) is 17.4 Å². The standard InChI is InChI=1S/C20H13Cl3N4O2S/c1-10-24-18-19(30-10)17(11-2-4-12(21)5-3-11)26-27(20(18)29)9-16(28)25-13-6-7-14(22)15(23)8-13/h2-8H,9H2,1H3,(H,25,28). The van der Waals surface area contributed by atoms with Crippen molar-refractivity contribution in [3.8, 4) is 11.3 Å². The second kappa shape index (κ2) is 8.35. The molecule has 4 rings (SSSR count). The Morgan fingerprint density at radius 2 is 1.83 bits per heavy atom. The number of halogens is 3. The fourth-order valence-electron chi connectivity index (χ4n) is 2.88. The third kappa shape index (κ3) is 4.20. The molecule has 0 radical (unpaired) electrons. The van der Waals surface area contributed by atoms with Gasteiger partial charge in [-0.05, 0) is 37.3 Å². The van der Waals surface area contributed by atoms with E-state index in [2.05, 4.69) is 15.4 Å². The third-order valence-electron chi connectivity index (χ3n) is 4.22. The molecular formula is C20H13Cl3N4O2S. The van der Waals surface area contributed by atoms with Crippen LogP contribution in [-0.4, -0.2) is 20.7 Å². The Labute approximate surface area is 190 Å². The van der Waals surface area contributed by atoms with Gasteiger partial charge in [-0.15, -0.1) is 11.3 Å². The first-order valence-corrected chi connectivity index (χ1v) is 10.7. The van der Waals surface area contributed by atoms with Gasteiger partial charge in [0.25, 0.3) is 5.56 Å². The maximum absolute atomic E-state index is 12.9. The molecule has 0 unspecified atom stereocenters. The summed E-state index contributed by atoms with van der Waals surface area (Å²) in [6, 6.07) is 11.8. The van der Waals surface area contributed by atoms with Crippen LogP contribution in [0.15, 0.2) is 47.3 Å². The number of aromatic nitrogens is 3. The zero-order valence-electron chi connectivity index (χ0n) is 15.4. The Bertz CT molecular complexity index is 1330. The molecule has 4 aromatic rings. The number of thiazole rings is 1. The average Bonchev–Trinajstić information content (AvgIpc) is 3.10. The van der Waals surface area contributed by atoms with Crippen LogP contribution in [0.5, 0.6) is 0 Å². The summed E-state index contributed by atoms with van der Waals surface area (Å²) in [5.41, 5.74) is 1.64. The van der Waals surface area contributed by atoms with Crippen LogP contribution in [0.25, 0.3) is 21.5 Å². The number of amides is 1. The highest BCUT2D eigenvalue weighted by Gasteiger charge is 2.18. The number of nitrogens with zero attached hydrogens (tertiary/aromatic N) is 3. The Balaban J connectivity index is 1.72. The van der Waals surface area contributed by atoms with Crippen molar-refractivity contribution >= 4 is 68.0 Å². The van der Waals surface area contributed by atoms with Gasteiger partial charge in [0.05, 0.1) is 19.8 Å². The fourth-order valence-corrected chi connectivity index (χ4v) is 4.22. The number of hydrogen-bond donors (Lipinski definition) is 1. The van der Waals surface area contributed by atoms with Crippen molar-refractivity contribution in [1.29, 1.82) is 0 Å². The molecule has 2 aromatic heterocycles. The van der Waals surface area contributed by atoms with Gasteiger partial charge in [0.1, 0.15) is 12.2 Å². The molecule has 0 spiro atoms. The molecule has 6 nitrogen and oxygen atoms in total. The van der Waals surface area contributed by atoms with Crippen molar-refractivity contribution in [2.75, 3.05) is 5.32 Å². The zero-order chi connectivity index (χ0) is 21.4. The molecule has 0 bridgehead atoms. The van der Waals surface area contributed by atoms with Gasteiger partial charge in [0, 0.05) is 16.3 Å². The van der Waals surface area contributed by atoms with Crippen LogP contribution >= 0.6 is 46.1 Å². The smallest absolute Gasteiger partial charge is 0.294 e. The predicted molar refractivity (Wildman–Crippen MR) is 122 cm³/mol. The van der Waals surface area contributed by atoms with Crippen LogP contribution in [0.1, 0.15) is 5.01 Å². The van der Waals surface area contributed by atoms with Crippen LogP contribution < -0.4 is 10.9 Å². The van der Waals surface area contributed by atoms with Crippen LogP contribution in [-0.2, 0) is 11.3 Å². The molecule has 2 heterocycles. The first-order chi connectivity index (χ1) is 14.3. The van der Waals surface area contributed by atoms with E-state index >= 15 is 0 Å². The summed E-state index contributed by atoms with van der Waals surface area (Å²) in [6.45, 7) is 1.53. The summed E-state index contributed by atoms with van der Waals surface area (Å²) in [5, 5.41) is 9.15. The van der Waals surface area contributed by atoms with Gasteiger partial charge in [-0.2, -0.15) is 5.10 Å². The van der Waals surface area contributed by atoms with E-state index < -0.39 is 11.5 Å². The van der Waals surface area contributed by atoms with E-state index in [1.54, 1.807) is 24.3 Å². The van der Waals surface area contributed by atoms with Crippen molar-refractivity contribution in [1.82, 2.24) is 14.8 Å². The van der Waals surface area contributed by atoms with Crippen LogP contribution in [0.2, 0.25) is 15.1 Å². The second-order valence-corrected chi connectivity index (χ2v) is 8.86. The summed E-state index contributed by atoms with van der Waals surface area (Å²) >= 11 is 19.2. The molecule has 1 amide bonds. The third-order valence-corrected chi connectivity index (χ3v) is 6.19. The van der Waals surface area contributed by atoms with Gasteiger partial charge >= 0.3 is 0 Å². The normalized spacial score (nSPS) is 11.1. The summed E-state index contributed by atoms with van der Waals surface area (Å²) < 4.78 is 1.78. The molecular weight excluding hydrogens is 467 g/mol. The molecule has 0 fully saturated rings. The largest absolute Gasteiger partial charge is 0.324 e. The molecule has 0 saturated carbocycles. The molecule has 10 heteroatoms. The maximum Gasteiger partial charge on any atom is 0.294 e. The number of rotatable bonds is 4. The minimum absolute atomic E-state index is 0.278. The average molecular weight is 480 g/mol. The monoisotopic (exact) mass is 478 g/mol. The van der Waals surface area contributed by atoms with E-state index in [0.29, 0.717) is 31.1 Å². The van der Waals surface area contributed by atoms with Gasteiger partial charge < -0.3 is 5.32 Å². The number of carbonyl (C=O) groups is 1. The highest BCUT2D eigenvalue weighted by molar-refractivity contribution is 7.19. The van der Waals surface area contributed by atoms with Crippen molar-refractivity contribution in [3.05, 3.63) is 72.9 Å². The number of nitrogens with one attached hydrogen (secondary N) is 1. The lowest BCUT2D eigenvalue weighted by molar-refractivity contribution is -0.117. The minimum atomic E-state index is -0.434. The minimum Gasteiger partial charge on any atom is -0.324 e. The topological polar surface area (TPSA) is 76.9 Å². The lowest BCUT2D eigenvalue weighted by Crippen LogP contribution is -2.30. The number of anilines is 1. The van der Waals surface area contributed by atoms with Gasteiger partial charge in [0.15, 0.2) is 5.52 Å². The van der Waals surface area contributed by atoms with E-state index in [4.69, 9.17) is 34.8 Å². The number of hydrogen-bond acceptors (Lipinski definition) is 5. The van der Waals surface area contributed by atoms with Crippen molar-refractivity contribution in [2.24, 2.45) is 0 Å². The van der Waals surface area contributed by atoms with E-state index in [0.717, 1.165) is 15.3 Å². The lowest BCUT2D eigenvalue weighted by atomic mass is 10.1. The molecule has 2 aromatic carbocycles. The Kier molecular flexibility index (Phi) is 5.79. The van der Waals surface area contributed by atoms with E-state index in [-0.39, 0.29) is 12.1 Å². The van der Waals surface area contributed by atoms with Crippen LogP contribution in [0, 0.1) is 6.92 Å². The molecule has 0 atom stereocenters. The van der Waals surface area contributed by atoms with Crippen molar-refractivity contribution in [3.63, 3.8) is 0 Å². The van der Waals surface area contributed by atoms with E-state index in [9.17, 15) is 9.59 Å². The Morgan fingerprint density at radius 3 is 2.53 bits per heavy atom. The van der Waals surface area contributed by atoms with Gasteiger partial charge in [-0.3, -0.25) is 9.59 Å². The number of carbonyl (C=O) groups excluding carboxylic acids is 1. The summed E-state index contributed by atoms with van der Waals surface area (Å²) in [6.07, 6.45) is 0. The Morgan fingerprint density at radius 1 is 1.10 bits per heavy atom. The number of fused-ring (bicyclic) bond motifs is 1. The molecule has 30 heavy (non-hydrogen) atoms. The highest BCUT2D eigenvalue weighted by Crippen LogP contribution is 2.30.